The molecule has 0 saturated carbocycles. The summed E-state index contributed by atoms with van der Waals surface area (Å²) in [5.41, 5.74) is 1.05. The Morgan fingerprint density at radius 1 is 1.08 bits per heavy atom. The van der Waals surface area contributed by atoms with Crippen LogP contribution >= 0.6 is 11.8 Å². The van der Waals surface area contributed by atoms with Crippen LogP contribution in [0.2, 0.25) is 0 Å². The first kappa shape index (κ1) is 17.5. The van der Waals surface area contributed by atoms with E-state index in [1.807, 2.05) is 37.3 Å². The quantitative estimate of drug-likeness (QED) is 0.566. The van der Waals surface area contributed by atoms with E-state index in [-0.39, 0.29) is 11.9 Å². The molecule has 0 fully saturated rings. The van der Waals surface area contributed by atoms with Crippen LogP contribution < -0.4 is 4.74 Å². The number of nitrogens with zero attached hydrogens (tertiary/aromatic N) is 3. The number of hydrogen-bond donors (Lipinski definition) is 0. The first-order valence-corrected chi connectivity index (χ1v) is 9.18. The lowest BCUT2D eigenvalue weighted by atomic mass is 10.2. The van der Waals surface area contributed by atoms with E-state index >= 15 is 0 Å². The monoisotopic (exact) mass is 357 g/mol. The molecule has 1 heterocycles. The number of benzene rings is 2. The minimum absolute atomic E-state index is 0.199. The van der Waals surface area contributed by atoms with E-state index < -0.39 is 0 Å². The van der Waals surface area contributed by atoms with Crippen molar-refractivity contribution in [3.8, 4) is 5.75 Å². The predicted molar refractivity (Wildman–Crippen MR) is 97.1 cm³/mol. The second-order valence-corrected chi connectivity index (χ2v) is 6.52. The summed E-state index contributed by atoms with van der Waals surface area (Å²) >= 11 is 1.59. The van der Waals surface area contributed by atoms with Crippen LogP contribution in [0.3, 0.4) is 0 Å². The van der Waals surface area contributed by atoms with Gasteiger partial charge in [0.2, 0.25) is 0 Å². The van der Waals surface area contributed by atoms with Gasteiger partial charge in [0.05, 0.1) is 0 Å². The molecule has 4 nitrogen and oxygen atoms in total. The Balaban J connectivity index is 1.70. The van der Waals surface area contributed by atoms with Crippen molar-refractivity contribution in [2.24, 2.45) is 0 Å². The van der Waals surface area contributed by atoms with Crippen LogP contribution in [0, 0.1) is 5.82 Å². The highest BCUT2D eigenvalue weighted by Crippen LogP contribution is 2.26. The molecule has 1 atom stereocenters. The standard InChI is InChI=1S/C19H20FN3OS/c1-3-23-18(14(2)24-17-7-5-4-6-8-17)21-22-19(23)25-13-15-9-11-16(20)12-10-15/h4-12,14H,3,13H2,1-2H3. The zero-order chi connectivity index (χ0) is 17.6. The summed E-state index contributed by atoms with van der Waals surface area (Å²) in [6, 6.07) is 16.2. The molecule has 0 amide bonds. The molecular formula is C19H20FN3OS. The average molecular weight is 357 g/mol. The van der Waals surface area contributed by atoms with E-state index in [9.17, 15) is 4.39 Å². The van der Waals surface area contributed by atoms with Gasteiger partial charge in [-0.1, -0.05) is 42.1 Å². The summed E-state index contributed by atoms with van der Waals surface area (Å²) in [5, 5.41) is 9.46. The Morgan fingerprint density at radius 2 is 1.80 bits per heavy atom. The highest BCUT2D eigenvalue weighted by molar-refractivity contribution is 7.98. The summed E-state index contributed by atoms with van der Waals surface area (Å²) < 4.78 is 21.0. The highest BCUT2D eigenvalue weighted by atomic mass is 32.2. The van der Waals surface area contributed by atoms with Crippen LogP contribution in [-0.2, 0) is 12.3 Å². The second-order valence-electron chi connectivity index (χ2n) is 5.57. The fourth-order valence-corrected chi connectivity index (χ4v) is 3.45. The molecule has 3 rings (SSSR count). The van der Waals surface area contributed by atoms with Crippen molar-refractivity contribution in [2.45, 2.75) is 37.4 Å². The van der Waals surface area contributed by atoms with E-state index in [0.717, 1.165) is 28.8 Å². The van der Waals surface area contributed by atoms with Crippen molar-refractivity contribution >= 4 is 11.8 Å². The number of thioether (sulfide) groups is 1. The third kappa shape index (κ3) is 4.39. The molecular weight excluding hydrogens is 337 g/mol. The SMILES string of the molecule is CCn1c(SCc2ccc(F)cc2)nnc1C(C)Oc1ccccc1. The van der Waals surface area contributed by atoms with Gasteiger partial charge in [-0.15, -0.1) is 10.2 Å². The number of halogens is 1. The zero-order valence-corrected chi connectivity index (χ0v) is 15.0. The van der Waals surface area contributed by atoms with Gasteiger partial charge in [0, 0.05) is 12.3 Å². The van der Waals surface area contributed by atoms with E-state index in [4.69, 9.17) is 4.74 Å². The Labute approximate surface area is 151 Å². The van der Waals surface area contributed by atoms with Crippen LogP contribution in [-0.4, -0.2) is 14.8 Å². The molecule has 1 unspecified atom stereocenters. The highest BCUT2D eigenvalue weighted by Gasteiger charge is 2.18. The van der Waals surface area contributed by atoms with Gasteiger partial charge in [-0.25, -0.2) is 4.39 Å². The summed E-state index contributed by atoms with van der Waals surface area (Å²) in [6.45, 7) is 4.79. The number of hydrogen-bond acceptors (Lipinski definition) is 4. The average Bonchev–Trinajstić information content (AvgIpc) is 3.05. The Hall–Kier alpha value is -2.34. The first-order chi connectivity index (χ1) is 12.2. The second kappa shape index (κ2) is 8.16. The van der Waals surface area contributed by atoms with Crippen LogP contribution in [0.25, 0.3) is 0 Å². The molecule has 3 aromatic rings. The molecule has 2 aromatic carbocycles. The van der Waals surface area contributed by atoms with Gasteiger partial charge in [0.15, 0.2) is 17.1 Å². The molecule has 130 valence electrons. The predicted octanol–water partition coefficient (Wildman–Crippen LogP) is 4.87. The Bertz CT molecular complexity index is 805. The Morgan fingerprint density at radius 3 is 2.48 bits per heavy atom. The number of ether oxygens (including phenoxy) is 1. The van der Waals surface area contributed by atoms with Gasteiger partial charge in [0.25, 0.3) is 0 Å². The van der Waals surface area contributed by atoms with Gasteiger partial charge < -0.3 is 9.30 Å². The maximum Gasteiger partial charge on any atom is 0.191 e. The van der Waals surface area contributed by atoms with Crippen molar-refractivity contribution in [1.29, 1.82) is 0 Å². The van der Waals surface area contributed by atoms with E-state index in [1.54, 1.807) is 23.9 Å². The number of para-hydroxylation sites is 1. The van der Waals surface area contributed by atoms with Gasteiger partial charge in [-0.2, -0.15) is 0 Å². The molecule has 0 saturated heterocycles. The largest absolute Gasteiger partial charge is 0.483 e. The molecule has 0 radical (unpaired) electrons. The zero-order valence-electron chi connectivity index (χ0n) is 14.2. The van der Waals surface area contributed by atoms with Crippen molar-refractivity contribution in [1.82, 2.24) is 14.8 Å². The first-order valence-electron chi connectivity index (χ1n) is 8.19. The van der Waals surface area contributed by atoms with E-state index in [1.165, 1.54) is 12.1 Å². The normalized spacial score (nSPS) is 12.1. The lowest BCUT2D eigenvalue weighted by Crippen LogP contribution is -2.11. The van der Waals surface area contributed by atoms with Crippen LogP contribution in [0.15, 0.2) is 59.8 Å². The molecule has 0 bridgehead atoms. The van der Waals surface area contributed by atoms with Crippen LogP contribution in [0.5, 0.6) is 5.75 Å². The maximum absolute atomic E-state index is 13.0. The minimum Gasteiger partial charge on any atom is -0.483 e. The summed E-state index contributed by atoms with van der Waals surface area (Å²) in [6.07, 6.45) is -0.199. The summed E-state index contributed by atoms with van der Waals surface area (Å²) in [5.74, 6) is 2.10. The van der Waals surface area contributed by atoms with Crippen molar-refractivity contribution in [2.75, 3.05) is 0 Å². The van der Waals surface area contributed by atoms with Gasteiger partial charge >= 0.3 is 0 Å². The maximum atomic E-state index is 13.0. The summed E-state index contributed by atoms with van der Waals surface area (Å²) in [4.78, 5) is 0. The molecule has 1 aromatic heterocycles. The third-order valence-corrected chi connectivity index (χ3v) is 4.80. The molecule has 0 spiro atoms. The summed E-state index contributed by atoms with van der Waals surface area (Å²) in [7, 11) is 0. The molecule has 0 aliphatic rings. The fraction of sp³-hybridized carbons (Fsp3) is 0.263. The van der Waals surface area contributed by atoms with Gasteiger partial charge in [-0.05, 0) is 43.7 Å². The van der Waals surface area contributed by atoms with Crippen LogP contribution in [0.1, 0.15) is 31.3 Å². The number of aromatic nitrogens is 3. The van der Waals surface area contributed by atoms with Crippen LogP contribution in [0.4, 0.5) is 4.39 Å². The molecule has 6 heteroatoms. The smallest absolute Gasteiger partial charge is 0.191 e. The lowest BCUT2D eigenvalue weighted by molar-refractivity contribution is 0.210. The van der Waals surface area contributed by atoms with Gasteiger partial charge in [0.1, 0.15) is 11.6 Å². The fourth-order valence-electron chi connectivity index (χ4n) is 2.49. The number of rotatable bonds is 7. The van der Waals surface area contributed by atoms with E-state index in [0.29, 0.717) is 5.75 Å². The topological polar surface area (TPSA) is 39.9 Å². The molecule has 0 aliphatic carbocycles. The minimum atomic E-state index is -0.223. The van der Waals surface area contributed by atoms with Crippen molar-refractivity contribution in [3.05, 3.63) is 71.8 Å². The molecule has 0 aliphatic heterocycles. The van der Waals surface area contributed by atoms with E-state index in [2.05, 4.69) is 21.7 Å². The third-order valence-electron chi connectivity index (χ3n) is 3.76. The lowest BCUT2D eigenvalue weighted by Gasteiger charge is -2.15. The van der Waals surface area contributed by atoms with Crippen molar-refractivity contribution in [3.63, 3.8) is 0 Å². The van der Waals surface area contributed by atoms with Crippen molar-refractivity contribution < 1.29 is 9.13 Å². The Kier molecular flexibility index (Phi) is 5.71. The molecule has 0 N–H and O–H groups in total. The van der Waals surface area contributed by atoms with Gasteiger partial charge in [-0.3, -0.25) is 0 Å². The molecule has 25 heavy (non-hydrogen) atoms.